The smallest absolute Gasteiger partial charge is 0.126 e. The third-order valence-electron chi connectivity index (χ3n) is 5.77. The number of nitrogens with zero attached hydrogens (tertiary/aromatic N) is 2. The van der Waals surface area contributed by atoms with Gasteiger partial charge in [0.2, 0.25) is 0 Å². The van der Waals surface area contributed by atoms with E-state index < -0.39 is 22.9 Å². The molecule has 1 atom stereocenters. The molecule has 1 aliphatic heterocycles. The first-order valence-electron chi connectivity index (χ1n) is 10.4. The third kappa shape index (κ3) is 5.98. The van der Waals surface area contributed by atoms with Crippen LogP contribution in [0.2, 0.25) is 10.0 Å². The number of halogens is 4. The largest absolute Gasteiger partial charge is 0.760 e. The Morgan fingerprint density at radius 3 is 1.88 bits per heavy atom. The lowest BCUT2D eigenvalue weighted by atomic mass is 9.93. The zero-order valence-corrected chi connectivity index (χ0v) is 19.8. The molecule has 0 bridgehead atoms. The molecular weight excluding hydrogens is 489 g/mol. The Morgan fingerprint density at radius 2 is 1.42 bits per heavy atom. The molecule has 33 heavy (non-hydrogen) atoms. The molecule has 1 fully saturated rings. The predicted molar refractivity (Wildman–Crippen MR) is 126 cm³/mol. The highest BCUT2D eigenvalue weighted by molar-refractivity contribution is 7.76. The Morgan fingerprint density at radius 1 is 0.939 bits per heavy atom. The SMILES string of the molecule is O=S([O-])N(CCc1cc(F)cc(F)c1)C1CN(C(c2ccc(Cl)cc2)c2ccc(Cl)cc2)C1. The maximum Gasteiger partial charge on any atom is 0.126 e. The zero-order chi connectivity index (χ0) is 23.5. The van der Waals surface area contributed by atoms with E-state index in [1.165, 1.54) is 16.4 Å². The highest BCUT2D eigenvalue weighted by atomic mass is 35.5. The molecule has 1 heterocycles. The van der Waals surface area contributed by atoms with Gasteiger partial charge < -0.3 is 4.55 Å². The lowest BCUT2D eigenvalue weighted by Gasteiger charge is -2.49. The van der Waals surface area contributed by atoms with Crippen molar-refractivity contribution in [1.82, 2.24) is 9.21 Å². The molecular formula is C24H21Cl2F2N2O2S-. The summed E-state index contributed by atoms with van der Waals surface area (Å²) >= 11 is 9.67. The molecule has 174 valence electrons. The quantitative estimate of drug-likeness (QED) is 0.382. The van der Waals surface area contributed by atoms with E-state index in [2.05, 4.69) is 4.90 Å². The molecule has 0 radical (unpaired) electrons. The van der Waals surface area contributed by atoms with Crippen molar-refractivity contribution >= 4 is 34.5 Å². The van der Waals surface area contributed by atoms with E-state index in [1.807, 2.05) is 48.5 Å². The monoisotopic (exact) mass is 509 g/mol. The fourth-order valence-corrected chi connectivity index (χ4v) is 5.03. The van der Waals surface area contributed by atoms with E-state index in [9.17, 15) is 17.5 Å². The van der Waals surface area contributed by atoms with Gasteiger partial charge in [-0.15, -0.1) is 0 Å². The predicted octanol–water partition coefficient (Wildman–Crippen LogP) is 5.38. The van der Waals surface area contributed by atoms with Crippen LogP contribution < -0.4 is 0 Å². The summed E-state index contributed by atoms with van der Waals surface area (Å²) in [5.41, 5.74) is 2.48. The van der Waals surface area contributed by atoms with E-state index in [1.54, 1.807) is 0 Å². The van der Waals surface area contributed by atoms with E-state index >= 15 is 0 Å². The maximum atomic E-state index is 13.5. The summed E-state index contributed by atoms with van der Waals surface area (Å²) in [6.45, 7) is 1.17. The lowest BCUT2D eigenvalue weighted by molar-refractivity contribution is 0.0525. The van der Waals surface area contributed by atoms with Crippen LogP contribution in [0.5, 0.6) is 0 Å². The van der Waals surface area contributed by atoms with Gasteiger partial charge in [-0.2, -0.15) is 0 Å². The summed E-state index contributed by atoms with van der Waals surface area (Å²) in [4.78, 5) is 2.18. The molecule has 4 rings (SSSR count). The summed E-state index contributed by atoms with van der Waals surface area (Å²) in [5.74, 6) is -1.35. The standard InChI is InChI=1S/C24H22Cl2F2N2O2S/c25-19-5-1-17(2-6-19)24(18-3-7-20(26)8-4-18)29-14-23(15-29)30(33(31)32)10-9-16-11-21(27)13-22(28)12-16/h1-8,11-13,23-24H,9-10,14-15H2,(H,31,32)/p-1. The first-order chi connectivity index (χ1) is 15.8. The fourth-order valence-electron chi connectivity index (χ4n) is 4.16. The molecule has 0 spiro atoms. The first-order valence-corrected chi connectivity index (χ1v) is 12.1. The van der Waals surface area contributed by atoms with Crippen LogP contribution in [0.1, 0.15) is 22.7 Å². The van der Waals surface area contributed by atoms with E-state index in [0.29, 0.717) is 28.7 Å². The highest BCUT2D eigenvalue weighted by Gasteiger charge is 2.37. The zero-order valence-electron chi connectivity index (χ0n) is 17.5. The van der Waals surface area contributed by atoms with Crippen LogP contribution in [-0.4, -0.2) is 43.6 Å². The van der Waals surface area contributed by atoms with Gasteiger partial charge in [0.25, 0.3) is 0 Å². The van der Waals surface area contributed by atoms with Crippen molar-refractivity contribution < 1.29 is 17.5 Å². The van der Waals surface area contributed by atoms with Crippen molar-refractivity contribution in [2.24, 2.45) is 0 Å². The van der Waals surface area contributed by atoms with Crippen molar-refractivity contribution in [3.05, 3.63) is 105 Å². The average Bonchev–Trinajstić information content (AvgIpc) is 2.73. The molecule has 0 N–H and O–H groups in total. The Labute approximate surface area is 204 Å². The van der Waals surface area contributed by atoms with Crippen molar-refractivity contribution in [2.45, 2.75) is 18.5 Å². The molecule has 3 aromatic rings. The van der Waals surface area contributed by atoms with Gasteiger partial charge in [0.05, 0.1) is 6.04 Å². The minimum atomic E-state index is -2.46. The van der Waals surface area contributed by atoms with Gasteiger partial charge >= 0.3 is 0 Å². The van der Waals surface area contributed by atoms with Crippen LogP contribution in [-0.2, 0) is 17.7 Å². The number of likely N-dealkylation sites (tertiary alicyclic amines) is 1. The normalized spacial score (nSPS) is 15.7. The molecule has 9 heteroatoms. The van der Waals surface area contributed by atoms with Crippen LogP contribution in [0.4, 0.5) is 8.78 Å². The maximum absolute atomic E-state index is 13.5. The number of hydrogen-bond acceptors (Lipinski definition) is 3. The van der Waals surface area contributed by atoms with Gasteiger partial charge in [0.15, 0.2) is 0 Å². The van der Waals surface area contributed by atoms with E-state index in [4.69, 9.17) is 23.2 Å². The summed E-state index contributed by atoms with van der Waals surface area (Å²) in [6.07, 6.45) is 0.219. The number of rotatable bonds is 8. The van der Waals surface area contributed by atoms with Crippen molar-refractivity contribution in [2.75, 3.05) is 19.6 Å². The van der Waals surface area contributed by atoms with E-state index in [-0.39, 0.29) is 25.0 Å². The minimum absolute atomic E-state index is 0.0879. The lowest BCUT2D eigenvalue weighted by Crippen LogP contribution is -2.60. The van der Waals surface area contributed by atoms with Crippen LogP contribution >= 0.6 is 23.2 Å². The second-order valence-corrected chi connectivity index (χ2v) is 9.77. The van der Waals surface area contributed by atoms with Gasteiger partial charge in [-0.05, 0) is 59.5 Å². The second kappa shape index (κ2) is 10.6. The summed E-state index contributed by atoms with van der Waals surface area (Å²) < 4.78 is 52.1. The Balaban J connectivity index is 1.48. The molecule has 3 aromatic carbocycles. The number of benzene rings is 3. The average molecular weight is 510 g/mol. The van der Waals surface area contributed by atoms with E-state index in [0.717, 1.165) is 17.2 Å². The molecule has 1 aliphatic rings. The van der Waals surface area contributed by atoms with Crippen LogP contribution in [0.25, 0.3) is 0 Å². The third-order valence-corrected chi connectivity index (χ3v) is 7.14. The Bertz CT molecular complexity index is 1060. The Kier molecular flexibility index (Phi) is 7.79. The van der Waals surface area contributed by atoms with Crippen LogP contribution in [0.15, 0.2) is 66.7 Å². The van der Waals surface area contributed by atoms with Crippen molar-refractivity contribution in [3.63, 3.8) is 0 Å². The van der Waals surface area contributed by atoms with Gasteiger partial charge in [0, 0.05) is 53.1 Å². The van der Waals surface area contributed by atoms with Crippen molar-refractivity contribution in [3.8, 4) is 0 Å². The number of hydrogen-bond donors (Lipinski definition) is 0. The Hall–Kier alpha value is -1.87. The van der Waals surface area contributed by atoms with Crippen LogP contribution in [0.3, 0.4) is 0 Å². The van der Waals surface area contributed by atoms with Gasteiger partial charge in [0.1, 0.15) is 11.6 Å². The van der Waals surface area contributed by atoms with Gasteiger partial charge in [-0.25, -0.2) is 13.1 Å². The topological polar surface area (TPSA) is 46.6 Å². The first kappa shape index (κ1) is 24.3. The highest BCUT2D eigenvalue weighted by Crippen LogP contribution is 2.35. The molecule has 1 saturated heterocycles. The molecule has 0 saturated carbocycles. The fraction of sp³-hybridized carbons (Fsp3) is 0.250. The van der Waals surface area contributed by atoms with Crippen LogP contribution in [0, 0.1) is 11.6 Å². The molecule has 0 aromatic heterocycles. The minimum Gasteiger partial charge on any atom is -0.760 e. The van der Waals surface area contributed by atoms with Gasteiger partial charge in [-0.1, -0.05) is 47.5 Å². The van der Waals surface area contributed by atoms with Crippen molar-refractivity contribution in [1.29, 1.82) is 0 Å². The molecule has 0 amide bonds. The molecule has 0 aliphatic carbocycles. The molecule has 1 unspecified atom stereocenters. The second-order valence-electron chi connectivity index (χ2n) is 8.00. The summed E-state index contributed by atoms with van der Waals surface area (Å²) in [7, 11) is 0. The summed E-state index contributed by atoms with van der Waals surface area (Å²) in [5, 5.41) is 1.27. The van der Waals surface area contributed by atoms with Gasteiger partial charge in [-0.3, -0.25) is 9.11 Å². The molecule has 4 nitrogen and oxygen atoms in total. The summed E-state index contributed by atoms with van der Waals surface area (Å²) in [6, 6.07) is 18.0.